The van der Waals surface area contributed by atoms with E-state index >= 15 is 0 Å². The van der Waals surface area contributed by atoms with Gasteiger partial charge in [0.2, 0.25) is 0 Å². The fourth-order valence-corrected chi connectivity index (χ4v) is 1.89. The van der Waals surface area contributed by atoms with Gasteiger partial charge in [-0.25, -0.2) is 0 Å². The van der Waals surface area contributed by atoms with Crippen LogP contribution in [0.4, 0.5) is 0 Å². The third-order valence-electron chi connectivity index (χ3n) is 3.16. The number of carbonyl (C=O) groups excluding carboxylic acids is 1. The predicted molar refractivity (Wildman–Crippen MR) is 78.2 cm³/mol. The van der Waals surface area contributed by atoms with Crippen molar-refractivity contribution >= 4 is 5.97 Å². The molecular formula is C15H31NO3. The molecule has 0 rings (SSSR count). The van der Waals surface area contributed by atoms with Crippen LogP contribution in [-0.2, 0) is 14.3 Å². The van der Waals surface area contributed by atoms with Crippen molar-refractivity contribution in [1.82, 2.24) is 5.32 Å². The van der Waals surface area contributed by atoms with Crippen LogP contribution in [0.2, 0.25) is 0 Å². The van der Waals surface area contributed by atoms with Crippen molar-refractivity contribution in [3.63, 3.8) is 0 Å². The van der Waals surface area contributed by atoms with Gasteiger partial charge in [-0.2, -0.15) is 0 Å². The highest BCUT2D eigenvalue weighted by molar-refractivity contribution is 5.80. The van der Waals surface area contributed by atoms with Gasteiger partial charge >= 0.3 is 5.97 Å². The molecule has 0 aliphatic rings. The van der Waals surface area contributed by atoms with Gasteiger partial charge in [0, 0.05) is 13.2 Å². The minimum Gasteiger partial charge on any atom is -0.468 e. The molecule has 0 aromatic heterocycles. The minimum atomic E-state index is -0.600. The summed E-state index contributed by atoms with van der Waals surface area (Å²) >= 11 is 0. The van der Waals surface area contributed by atoms with Crippen LogP contribution >= 0.6 is 0 Å². The van der Waals surface area contributed by atoms with E-state index in [9.17, 15) is 4.79 Å². The fourth-order valence-electron chi connectivity index (χ4n) is 1.89. The Morgan fingerprint density at radius 2 is 1.74 bits per heavy atom. The summed E-state index contributed by atoms with van der Waals surface area (Å²) in [5.41, 5.74) is -0.290. The SMILES string of the molecule is CCNC(C)(CCCOCCC(C)(C)C)C(=O)OC. The standard InChI is InChI=1S/C15H31NO3/c1-7-16-15(5,13(17)18-6)9-8-11-19-12-10-14(2,3)4/h16H,7-12H2,1-6H3. The highest BCUT2D eigenvalue weighted by Crippen LogP contribution is 2.18. The summed E-state index contributed by atoms with van der Waals surface area (Å²) in [5, 5.41) is 3.19. The molecule has 0 spiro atoms. The van der Waals surface area contributed by atoms with Gasteiger partial charge in [-0.05, 0) is 38.1 Å². The molecular weight excluding hydrogens is 242 g/mol. The van der Waals surface area contributed by atoms with Crippen molar-refractivity contribution in [3.8, 4) is 0 Å². The van der Waals surface area contributed by atoms with Crippen molar-refractivity contribution in [3.05, 3.63) is 0 Å². The maximum absolute atomic E-state index is 11.7. The van der Waals surface area contributed by atoms with Crippen LogP contribution in [0.1, 0.15) is 53.9 Å². The van der Waals surface area contributed by atoms with Crippen LogP contribution in [0, 0.1) is 5.41 Å². The largest absolute Gasteiger partial charge is 0.468 e. The van der Waals surface area contributed by atoms with E-state index in [1.54, 1.807) is 0 Å². The van der Waals surface area contributed by atoms with Crippen molar-refractivity contribution in [2.45, 2.75) is 59.4 Å². The van der Waals surface area contributed by atoms with Gasteiger partial charge < -0.3 is 14.8 Å². The van der Waals surface area contributed by atoms with Crippen LogP contribution < -0.4 is 5.32 Å². The molecule has 1 unspecified atom stereocenters. The number of carbonyl (C=O) groups is 1. The zero-order valence-corrected chi connectivity index (χ0v) is 13.5. The maximum atomic E-state index is 11.7. The second-order valence-corrected chi connectivity index (χ2v) is 6.38. The zero-order chi connectivity index (χ0) is 14.9. The van der Waals surface area contributed by atoms with Crippen molar-refractivity contribution in [2.24, 2.45) is 5.41 Å². The Balaban J connectivity index is 3.92. The van der Waals surface area contributed by atoms with Gasteiger partial charge in [0.15, 0.2) is 0 Å². The Morgan fingerprint density at radius 1 is 1.11 bits per heavy atom. The molecule has 0 heterocycles. The minimum absolute atomic E-state index is 0.205. The third kappa shape index (κ3) is 8.22. The second-order valence-electron chi connectivity index (χ2n) is 6.38. The Bertz CT molecular complexity index is 261. The average Bonchev–Trinajstić information content (AvgIpc) is 2.31. The Labute approximate surface area is 118 Å². The lowest BCUT2D eigenvalue weighted by atomic mass is 9.93. The summed E-state index contributed by atoms with van der Waals surface area (Å²) in [7, 11) is 1.43. The van der Waals surface area contributed by atoms with Crippen LogP contribution in [0.3, 0.4) is 0 Å². The number of rotatable bonds is 9. The lowest BCUT2D eigenvalue weighted by Crippen LogP contribution is -2.50. The summed E-state index contributed by atoms with van der Waals surface area (Å²) < 4.78 is 10.5. The summed E-state index contributed by atoms with van der Waals surface area (Å²) in [6, 6.07) is 0. The quantitative estimate of drug-likeness (QED) is 0.518. The molecule has 4 heteroatoms. The maximum Gasteiger partial charge on any atom is 0.325 e. The lowest BCUT2D eigenvalue weighted by molar-refractivity contribution is -0.148. The molecule has 0 aliphatic heterocycles. The first-order valence-corrected chi connectivity index (χ1v) is 7.16. The van der Waals surface area contributed by atoms with Gasteiger partial charge in [0.1, 0.15) is 5.54 Å². The van der Waals surface area contributed by atoms with Gasteiger partial charge in [-0.1, -0.05) is 27.7 Å². The first-order chi connectivity index (χ1) is 8.75. The van der Waals surface area contributed by atoms with E-state index in [1.165, 1.54) is 7.11 Å². The molecule has 0 saturated heterocycles. The average molecular weight is 273 g/mol. The summed E-state index contributed by atoms with van der Waals surface area (Å²) in [6.07, 6.45) is 2.63. The highest BCUT2D eigenvalue weighted by atomic mass is 16.5. The third-order valence-corrected chi connectivity index (χ3v) is 3.16. The van der Waals surface area contributed by atoms with Crippen LogP contribution in [0.25, 0.3) is 0 Å². The summed E-state index contributed by atoms with van der Waals surface area (Å²) in [6.45, 7) is 12.7. The Hall–Kier alpha value is -0.610. The van der Waals surface area contributed by atoms with Gasteiger partial charge in [0.05, 0.1) is 7.11 Å². The number of nitrogens with one attached hydrogen (secondary N) is 1. The normalized spacial score (nSPS) is 15.1. The molecule has 0 fully saturated rings. The van der Waals surface area contributed by atoms with Crippen LogP contribution in [-0.4, -0.2) is 38.4 Å². The number of methoxy groups -OCH3 is 1. The molecule has 114 valence electrons. The number of likely N-dealkylation sites (N-methyl/N-ethyl adjacent to an activating group) is 1. The number of hydrogen-bond donors (Lipinski definition) is 1. The van der Waals surface area contributed by atoms with Crippen molar-refractivity contribution < 1.29 is 14.3 Å². The van der Waals surface area contributed by atoms with Gasteiger partial charge in [-0.15, -0.1) is 0 Å². The number of esters is 1. The lowest BCUT2D eigenvalue weighted by Gasteiger charge is -2.27. The molecule has 0 aromatic carbocycles. The fraction of sp³-hybridized carbons (Fsp3) is 0.933. The zero-order valence-electron chi connectivity index (χ0n) is 13.5. The van der Waals surface area contributed by atoms with E-state index in [0.717, 1.165) is 32.4 Å². The number of ether oxygens (including phenoxy) is 2. The molecule has 19 heavy (non-hydrogen) atoms. The van der Waals surface area contributed by atoms with E-state index in [-0.39, 0.29) is 5.97 Å². The molecule has 1 N–H and O–H groups in total. The van der Waals surface area contributed by atoms with Crippen LogP contribution in [0.5, 0.6) is 0 Å². The topological polar surface area (TPSA) is 47.6 Å². The highest BCUT2D eigenvalue weighted by Gasteiger charge is 2.32. The Kier molecular flexibility index (Phi) is 8.26. The van der Waals surface area contributed by atoms with Gasteiger partial charge in [0.25, 0.3) is 0 Å². The second kappa shape index (κ2) is 8.54. The molecule has 4 nitrogen and oxygen atoms in total. The molecule has 0 amide bonds. The van der Waals surface area contributed by atoms with Crippen molar-refractivity contribution in [2.75, 3.05) is 26.9 Å². The van der Waals surface area contributed by atoms with Gasteiger partial charge in [-0.3, -0.25) is 4.79 Å². The molecule has 0 saturated carbocycles. The van der Waals surface area contributed by atoms with Crippen molar-refractivity contribution in [1.29, 1.82) is 0 Å². The first-order valence-electron chi connectivity index (χ1n) is 7.16. The predicted octanol–water partition coefficient (Wildman–Crippen LogP) is 2.76. The van der Waals surface area contributed by atoms with E-state index in [4.69, 9.17) is 9.47 Å². The first kappa shape index (κ1) is 18.4. The summed E-state index contributed by atoms with van der Waals surface area (Å²) in [4.78, 5) is 11.7. The molecule has 0 aliphatic carbocycles. The monoisotopic (exact) mass is 273 g/mol. The molecule has 1 atom stereocenters. The smallest absolute Gasteiger partial charge is 0.325 e. The van der Waals surface area contributed by atoms with E-state index in [2.05, 4.69) is 26.1 Å². The van der Waals surface area contributed by atoms with E-state index in [1.807, 2.05) is 13.8 Å². The molecule has 0 radical (unpaired) electrons. The summed E-state index contributed by atoms with van der Waals surface area (Å²) in [5.74, 6) is -0.205. The van der Waals surface area contributed by atoms with E-state index in [0.29, 0.717) is 12.0 Å². The number of hydrogen-bond acceptors (Lipinski definition) is 4. The molecule has 0 aromatic rings. The van der Waals surface area contributed by atoms with E-state index < -0.39 is 5.54 Å². The van der Waals surface area contributed by atoms with Crippen LogP contribution in [0.15, 0.2) is 0 Å². The molecule has 0 bridgehead atoms. The Morgan fingerprint density at radius 3 is 2.21 bits per heavy atom.